The first-order valence-corrected chi connectivity index (χ1v) is 5.37. The molecular weight excluding hydrogens is 226 g/mol. The Morgan fingerprint density at radius 1 is 1.38 bits per heavy atom. The van der Waals surface area contributed by atoms with Crippen LogP contribution in [0.4, 0.5) is 0 Å². The van der Waals surface area contributed by atoms with Gasteiger partial charge in [-0.15, -0.1) is 0 Å². The fourth-order valence-corrected chi connectivity index (χ4v) is 1.60. The third kappa shape index (κ3) is 2.54. The first kappa shape index (κ1) is 13.0. The standard InChI is InChI=1S/C12H16ClNO2/c1-12(2,11(15)16-3)10(14)8-4-6-9(13)7-5-8/h4-7,10H,14H2,1-3H3/t10-/m1/s1. The van der Waals surface area contributed by atoms with E-state index in [1.165, 1.54) is 7.11 Å². The number of rotatable bonds is 3. The van der Waals surface area contributed by atoms with Gasteiger partial charge in [0.2, 0.25) is 0 Å². The average Bonchev–Trinajstić information content (AvgIpc) is 2.28. The third-order valence-electron chi connectivity index (χ3n) is 2.72. The molecule has 0 bridgehead atoms. The van der Waals surface area contributed by atoms with Gasteiger partial charge in [0, 0.05) is 11.1 Å². The van der Waals surface area contributed by atoms with Crippen molar-refractivity contribution in [3.05, 3.63) is 34.9 Å². The second-order valence-corrected chi connectivity index (χ2v) is 4.68. The summed E-state index contributed by atoms with van der Waals surface area (Å²) < 4.78 is 4.74. The van der Waals surface area contributed by atoms with Crippen LogP contribution in [0.5, 0.6) is 0 Å². The highest BCUT2D eigenvalue weighted by atomic mass is 35.5. The van der Waals surface area contributed by atoms with E-state index in [1.807, 2.05) is 12.1 Å². The number of carbonyl (C=O) groups is 1. The molecule has 0 fully saturated rings. The van der Waals surface area contributed by atoms with Crippen LogP contribution in [0.3, 0.4) is 0 Å². The molecule has 0 saturated heterocycles. The van der Waals surface area contributed by atoms with E-state index >= 15 is 0 Å². The van der Waals surface area contributed by atoms with E-state index < -0.39 is 11.5 Å². The van der Waals surface area contributed by atoms with Gasteiger partial charge in [0.05, 0.1) is 12.5 Å². The molecule has 0 saturated carbocycles. The van der Waals surface area contributed by atoms with E-state index in [2.05, 4.69) is 0 Å². The van der Waals surface area contributed by atoms with Gasteiger partial charge in [0.15, 0.2) is 0 Å². The molecule has 1 rings (SSSR count). The highest BCUT2D eigenvalue weighted by molar-refractivity contribution is 6.30. The Kier molecular flexibility index (Phi) is 3.94. The Morgan fingerprint density at radius 3 is 2.31 bits per heavy atom. The molecule has 88 valence electrons. The van der Waals surface area contributed by atoms with Crippen LogP contribution < -0.4 is 5.73 Å². The smallest absolute Gasteiger partial charge is 0.313 e. The largest absolute Gasteiger partial charge is 0.469 e. The molecule has 0 amide bonds. The summed E-state index contributed by atoms with van der Waals surface area (Å²) in [7, 11) is 1.36. The van der Waals surface area contributed by atoms with Crippen molar-refractivity contribution < 1.29 is 9.53 Å². The summed E-state index contributed by atoms with van der Waals surface area (Å²) >= 11 is 5.79. The minimum atomic E-state index is -0.761. The number of benzene rings is 1. The van der Waals surface area contributed by atoms with Crippen molar-refractivity contribution in [2.75, 3.05) is 7.11 Å². The van der Waals surface area contributed by atoms with Gasteiger partial charge < -0.3 is 10.5 Å². The van der Waals surface area contributed by atoms with Crippen LogP contribution in [0, 0.1) is 5.41 Å². The Morgan fingerprint density at radius 2 is 1.88 bits per heavy atom. The highest BCUT2D eigenvalue weighted by Gasteiger charge is 2.36. The van der Waals surface area contributed by atoms with Crippen LogP contribution >= 0.6 is 11.6 Å². The molecule has 1 aromatic carbocycles. The van der Waals surface area contributed by atoms with Gasteiger partial charge in [-0.3, -0.25) is 4.79 Å². The molecule has 0 aliphatic rings. The fourth-order valence-electron chi connectivity index (χ4n) is 1.48. The van der Waals surface area contributed by atoms with Crippen molar-refractivity contribution in [1.82, 2.24) is 0 Å². The lowest BCUT2D eigenvalue weighted by Crippen LogP contribution is -2.37. The van der Waals surface area contributed by atoms with E-state index in [1.54, 1.807) is 26.0 Å². The molecule has 0 spiro atoms. The lowest BCUT2D eigenvalue weighted by molar-refractivity contribution is -0.152. The maximum Gasteiger partial charge on any atom is 0.313 e. The Bertz CT molecular complexity index is 373. The van der Waals surface area contributed by atoms with Crippen LogP contribution in [-0.4, -0.2) is 13.1 Å². The summed E-state index contributed by atoms with van der Waals surface area (Å²) in [5.74, 6) is -0.324. The minimum Gasteiger partial charge on any atom is -0.469 e. The van der Waals surface area contributed by atoms with E-state index in [4.69, 9.17) is 22.1 Å². The van der Waals surface area contributed by atoms with Crippen molar-refractivity contribution in [2.24, 2.45) is 11.1 Å². The molecule has 0 aliphatic heterocycles. The van der Waals surface area contributed by atoms with Gasteiger partial charge in [-0.2, -0.15) is 0 Å². The summed E-state index contributed by atoms with van der Waals surface area (Å²) in [4.78, 5) is 11.6. The van der Waals surface area contributed by atoms with E-state index in [-0.39, 0.29) is 5.97 Å². The van der Waals surface area contributed by atoms with Crippen LogP contribution in [0.1, 0.15) is 25.5 Å². The second kappa shape index (κ2) is 4.85. The van der Waals surface area contributed by atoms with Gasteiger partial charge in [-0.1, -0.05) is 23.7 Å². The van der Waals surface area contributed by atoms with E-state index in [9.17, 15) is 4.79 Å². The van der Waals surface area contributed by atoms with Gasteiger partial charge in [0.25, 0.3) is 0 Å². The Labute approximate surface area is 101 Å². The molecule has 3 nitrogen and oxygen atoms in total. The maximum absolute atomic E-state index is 11.6. The number of esters is 1. The molecule has 0 aromatic heterocycles. The van der Waals surface area contributed by atoms with Crippen molar-refractivity contribution in [2.45, 2.75) is 19.9 Å². The SMILES string of the molecule is COC(=O)C(C)(C)[C@H](N)c1ccc(Cl)cc1. The van der Waals surface area contributed by atoms with Crippen LogP contribution in [0.25, 0.3) is 0 Å². The second-order valence-electron chi connectivity index (χ2n) is 4.24. The first-order valence-electron chi connectivity index (χ1n) is 4.99. The predicted molar refractivity (Wildman–Crippen MR) is 64.2 cm³/mol. The predicted octanol–water partition coefficient (Wildman–Crippen LogP) is 2.54. The molecule has 0 aliphatic carbocycles. The number of halogens is 1. The first-order chi connectivity index (χ1) is 7.39. The average molecular weight is 242 g/mol. The summed E-state index contributed by atoms with van der Waals surface area (Å²) in [6, 6.07) is 6.72. The molecule has 1 atom stereocenters. The number of hydrogen-bond acceptors (Lipinski definition) is 3. The number of hydrogen-bond donors (Lipinski definition) is 1. The summed E-state index contributed by atoms with van der Waals surface area (Å²) in [5.41, 5.74) is 6.16. The van der Waals surface area contributed by atoms with Crippen molar-refractivity contribution in [1.29, 1.82) is 0 Å². The highest BCUT2D eigenvalue weighted by Crippen LogP contribution is 2.32. The normalized spacial score (nSPS) is 13.3. The minimum absolute atomic E-state index is 0.324. The number of methoxy groups -OCH3 is 1. The van der Waals surface area contributed by atoms with Gasteiger partial charge in [0.1, 0.15) is 0 Å². The monoisotopic (exact) mass is 241 g/mol. The zero-order chi connectivity index (χ0) is 12.3. The van der Waals surface area contributed by atoms with Crippen LogP contribution in [0.2, 0.25) is 5.02 Å². The topological polar surface area (TPSA) is 52.3 Å². The van der Waals surface area contributed by atoms with Gasteiger partial charge in [-0.05, 0) is 31.5 Å². The number of nitrogens with two attached hydrogens (primary N) is 1. The van der Waals surface area contributed by atoms with Crippen LogP contribution in [0.15, 0.2) is 24.3 Å². The van der Waals surface area contributed by atoms with Crippen molar-refractivity contribution >= 4 is 17.6 Å². The molecule has 0 radical (unpaired) electrons. The molecule has 4 heteroatoms. The fraction of sp³-hybridized carbons (Fsp3) is 0.417. The Hall–Kier alpha value is -1.06. The summed E-state index contributed by atoms with van der Waals surface area (Å²) in [6.45, 7) is 3.52. The lowest BCUT2D eigenvalue weighted by atomic mass is 9.81. The van der Waals surface area contributed by atoms with Gasteiger partial charge in [-0.25, -0.2) is 0 Å². The zero-order valence-electron chi connectivity index (χ0n) is 9.66. The summed E-state index contributed by atoms with van der Waals surface area (Å²) in [6.07, 6.45) is 0. The van der Waals surface area contributed by atoms with Crippen LogP contribution in [-0.2, 0) is 9.53 Å². The quantitative estimate of drug-likeness (QED) is 0.828. The molecule has 0 heterocycles. The van der Waals surface area contributed by atoms with E-state index in [0.717, 1.165) is 5.56 Å². The van der Waals surface area contributed by atoms with E-state index in [0.29, 0.717) is 5.02 Å². The summed E-state index contributed by atoms with van der Waals surface area (Å²) in [5, 5.41) is 0.645. The van der Waals surface area contributed by atoms with Gasteiger partial charge >= 0.3 is 5.97 Å². The third-order valence-corrected chi connectivity index (χ3v) is 2.97. The van der Waals surface area contributed by atoms with Crippen molar-refractivity contribution in [3.8, 4) is 0 Å². The molecule has 0 unspecified atom stereocenters. The molecule has 2 N–H and O–H groups in total. The maximum atomic E-state index is 11.6. The Balaban J connectivity index is 2.97. The molecular formula is C12H16ClNO2. The zero-order valence-corrected chi connectivity index (χ0v) is 10.4. The molecule has 16 heavy (non-hydrogen) atoms. The van der Waals surface area contributed by atoms with Crippen molar-refractivity contribution in [3.63, 3.8) is 0 Å². The lowest BCUT2D eigenvalue weighted by Gasteiger charge is -2.28. The number of ether oxygens (including phenoxy) is 1. The molecule has 1 aromatic rings. The number of carbonyl (C=O) groups excluding carboxylic acids is 1.